The number of hydrogen-bond donors (Lipinski definition) is 0. The summed E-state index contributed by atoms with van der Waals surface area (Å²) in [6.45, 7) is 16.6. The first-order chi connectivity index (χ1) is 13.3. The zero-order chi connectivity index (χ0) is 19.9. The molecule has 0 aromatic heterocycles. The summed E-state index contributed by atoms with van der Waals surface area (Å²) in [5.41, 5.74) is 6.95. The van der Waals surface area contributed by atoms with Crippen LogP contribution in [0.4, 0.5) is 0 Å². The lowest BCUT2D eigenvalue weighted by Crippen LogP contribution is -2.40. The highest BCUT2D eigenvalue weighted by atomic mass is 14.6. The van der Waals surface area contributed by atoms with Crippen molar-refractivity contribution in [2.24, 2.45) is 28.6 Å². The van der Waals surface area contributed by atoms with Gasteiger partial charge in [-0.15, -0.1) is 0 Å². The molecular formula is C28H42. The highest BCUT2D eigenvalue weighted by Crippen LogP contribution is 2.65. The summed E-state index contributed by atoms with van der Waals surface area (Å²) in [6, 6.07) is 0. The molecule has 0 aliphatic heterocycles. The minimum absolute atomic E-state index is 0.407. The first kappa shape index (κ1) is 20.2. The van der Waals surface area contributed by atoms with Gasteiger partial charge in [0.05, 0.1) is 0 Å². The Morgan fingerprint density at radius 3 is 2.43 bits per heavy atom. The topological polar surface area (TPSA) is 0 Å². The van der Waals surface area contributed by atoms with Gasteiger partial charge in [0.25, 0.3) is 0 Å². The van der Waals surface area contributed by atoms with E-state index in [0.29, 0.717) is 16.7 Å². The van der Waals surface area contributed by atoms with E-state index < -0.39 is 0 Å². The van der Waals surface area contributed by atoms with Crippen LogP contribution in [-0.2, 0) is 0 Å². The zero-order valence-corrected chi connectivity index (χ0v) is 18.8. The van der Waals surface area contributed by atoms with Crippen molar-refractivity contribution >= 4 is 0 Å². The predicted octanol–water partition coefficient (Wildman–Crippen LogP) is 8.57. The van der Waals surface area contributed by atoms with Crippen LogP contribution in [0.5, 0.6) is 0 Å². The number of hydrogen-bond acceptors (Lipinski definition) is 0. The van der Waals surface area contributed by atoms with Gasteiger partial charge in [0.15, 0.2) is 0 Å². The quantitative estimate of drug-likeness (QED) is 0.422. The molecule has 0 aromatic rings. The Labute approximate surface area is 174 Å². The molecule has 4 saturated carbocycles. The number of rotatable bonds is 2. The SMILES string of the molecule is C=C1CC(=C)[C@H](C2CCCCC2)C/C1=C/C=C1\CCCC2(C)C(C)CC[C@@]12C. The molecule has 0 amide bonds. The minimum Gasteiger partial charge on any atom is -0.0992 e. The predicted molar refractivity (Wildman–Crippen MR) is 122 cm³/mol. The average molecular weight is 379 g/mol. The van der Waals surface area contributed by atoms with Crippen molar-refractivity contribution in [3.8, 4) is 0 Å². The minimum atomic E-state index is 0.407. The van der Waals surface area contributed by atoms with E-state index in [2.05, 4.69) is 46.1 Å². The molecule has 4 atom stereocenters. The first-order valence-electron chi connectivity index (χ1n) is 12.1. The summed E-state index contributed by atoms with van der Waals surface area (Å²) >= 11 is 0. The summed E-state index contributed by atoms with van der Waals surface area (Å²) in [5.74, 6) is 2.43. The fourth-order valence-electron chi connectivity index (χ4n) is 7.36. The van der Waals surface area contributed by atoms with Gasteiger partial charge in [0.1, 0.15) is 0 Å². The van der Waals surface area contributed by atoms with Crippen LogP contribution in [0.3, 0.4) is 0 Å². The van der Waals surface area contributed by atoms with Crippen molar-refractivity contribution in [3.63, 3.8) is 0 Å². The van der Waals surface area contributed by atoms with Crippen molar-refractivity contribution in [2.75, 3.05) is 0 Å². The van der Waals surface area contributed by atoms with Gasteiger partial charge in [-0.25, -0.2) is 0 Å². The van der Waals surface area contributed by atoms with E-state index in [4.69, 9.17) is 0 Å². The summed E-state index contributed by atoms with van der Waals surface area (Å²) in [5, 5.41) is 0. The average Bonchev–Trinajstić information content (AvgIpc) is 2.93. The second kappa shape index (κ2) is 7.66. The Morgan fingerprint density at radius 1 is 0.929 bits per heavy atom. The molecule has 0 radical (unpaired) electrons. The van der Waals surface area contributed by atoms with E-state index in [0.717, 1.165) is 18.3 Å². The molecule has 4 rings (SSSR count). The van der Waals surface area contributed by atoms with E-state index in [1.165, 1.54) is 87.3 Å². The summed E-state index contributed by atoms with van der Waals surface area (Å²) in [6.07, 6.45) is 21.2. The highest BCUT2D eigenvalue weighted by molar-refractivity contribution is 5.41. The maximum absolute atomic E-state index is 4.47. The zero-order valence-electron chi connectivity index (χ0n) is 18.8. The van der Waals surface area contributed by atoms with E-state index in [9.17, 15) is 0 Å². The molecule has 0 spiro atoms. The van der Waals surface area contributed by atoms with E-state index in [1.54, 1.807) is 5.57 Å². The number of fused-ring (bicyclic) bond motifs is 1. The van der Waals surface area contributed by atoms with E-state index in [1.807, 2.05) is 0 Å². The second-order valence-electron chi connectivity index (χ2n) is 11.1. The van der Waals surface area contributed by atoms with Crippen LogP contribution in [0.15, 0.2) is 47.6 Å². The lowest BCUT2D eigenvalue weighted by Gasteiger charge is -2.49. The monoisotopic (exact) mass is 378 g/mol. The van der Waals surface area contributed by atoms with Gasteiger partial charge >= 0.3 is 0 Å². The maximum atomic E-state index is 4.47. The van der Waals surface area contributed by atoms with Gasteiger partial charge in [0.2, 0.25) is 0 Å². The second-order valence-corrected chi connectivity index (χ2v) is 11.1. The van der Waals surface area contributed by atoms with Crippen LogP contribution >= 0.6 is 0 Å². The highest BCUT2D eigenvalue weighted by Gasteiger charge is 2.55. The van der Waals surface area contributed by atoms with E-state index in [-0.39, 0.29) is 0 Å². The molecule has 0 N–H and O–H groups in total. The number of allylic oxidation sites excluding steroid dienone is 6. The molecule has 4 aliphatic rings. The van der Waals surface area contributed by atoms with Crippen LogP contribution in [0.25, 0.3) is 0 Å². The van der Waals surface area contributed by atoms with Crippen molar-refractivity contribution in [2.45, 2.75) is 97.8 Å². The summed E-state index contributed by atoms with van der Waals surface area (Å²) < 4.78 is 0. The van der Waals surface area contributed by atoms with Gasteiger partial charge in [-0.05, 0) is 97.5 Å². The fourth-order valence-corrected chi connectivity index (χ4v) is 7.36. The van der Waals surface area contributed by atoms with Crippen molar-refractivity contribution in [3.05, 3.63) is 47.6 Å². The third kappa shape index (κ3) is 3.29. The molecule has 0 saturated heterocycles. The van der Waals surface area contributed by atoms with Crippen LogP contribution in [0.2, 0.25) is 0 Å². The van der Waals surface area contributed by atoms with Gasteiger partial charge in [-0.2, -0.15) is 0 Å². The third-order valence-corrected chi connectivity index (χ3v) is 9.84. The molecule has 154 valence electrons. The first-order valence-corrected chi connectivity index (χ1v) is 12.1. The van der Waals surface area contributed by atoms with Crippen LogP contribution in [-0.4, -0.2) is 0 Å². The smallest absolute Gasteiger partial charge is 0.00569 e. The molecule has 4 fully saturated rings. The maximum Gasteiger partial charge on any atom is -0.00569 e. The Morgan fingerprint density at radius 2 is 1.68 bits per heavy atom. The molecule has 0 heterocycles. The normalized spacial score (nSPS) is 43.0. The van der Waals surface area contributed by atoms with Gasteiger partial charge in [-0.1, -0.05) is 76.5 Å². The third-order valence-electron chi connectivity index (χ3n) is 9.84. The molecule has 28 heavy (non-hydrogen) atoms. The largest absolute Gasteiger partial charge is 0.0992 e. The van der Waals surface area contributed by atoms with Gasteiger partial charge < -0.3 is 0 Å². The fraction of sp³-hybridized carbons (Fsp3) is 0.714. The van der Waals surface area contributed by atoms with Crippen molar-refractivity contribution in [1.29, 1.82) is 0 Å². The molecule has 4 aliphatic carbocycles. The molecule has 0 heteroatoms. The van der Waals surface area contributed by atoms with Crippen molar-refractivity contribution in [1.82, 2.24) is 0 Å². The van der Waals surface area contributed by atoms with E-state index >= 15 is 0 Å². The van der Waals surface area contributed by atoms with Gasteiger partial charge in [0, 0.05) is 0 Å². The van der Waals surface area contributed by atoms with Gasteiger partial charge in [-0.3, -0.25) is 0 Å². The molecular weight excluding hydrogens is 336 g/mol. The lowest BCUT2D eigenvalue weighted by molar-refractivity contribution is 0.0682. The Bertz CT molecular complexity index is 698. The van der Waals surface area contributed by atoms with Crippen molar-refractivity contribution < 1.29 is 0 Å². The molecule has 0 aromatic carbocycles. The van der Waals surface area contributed by atoms with Crippen LogP contribution in [0, 0.1) is 28.6 Å². The standard InChI is InChI=1S/C28H42/c1-20-18-21(2)26(23-10-7-6-8-11-23)19-24(20)13-14-25-12-9-16-27(4)22(3)15-17-28(25,27)5/h13-14,22-23,26H,1-2,6-12,15-19H2,3-5H3/b24-13-,25-14+/t22?,26-,27?,28+/m1/s1. The molecule has 0 nitrogen and oxygen atoms in total. The Balaban J connectivity index is 1.57. The van der Waals surface area contributed by atoms with Crippen LogP contribution in [0.1, 0.15) is 97.8 Å². The molecule has 2 unspecified atom stereocenters. The Kier molecular flexibility index (Phi) is 5.54. The lowest BCUT2D eigenvalue weighted by atomic mass is 9.55. The molecule has 0 bridgehead atoms. The van der Waals surface area contributed by atoms with Crippen LogP contribution < -0.4 is 0 Å². The summed E-state index contributed by atoms with van der Waals surface area (Å²) in [4.78, 5) is 0. The Hall–Kier alpha value is -1.04. The summed E-state index contributed by atoms with van der Waals surface area (Å²) in [7, 11) is 0.